The van der Waals surface area contributed by atoms with Gasteiger partial charge in [-0.25, -0.2) is 18.4 Å². The molecule has 1 saturated heterocycles. The third-order valence-corrected chi connectivity index (χ3v) is 8.78. The molecule has 8 nitrogen and oxygen atoms in total. The number of hydrogen-bond acceptors (Lipinski definition) is 6. The quantitative estimate of drug-likeness (QED) is 0.489. The van der Waals surface area contributed by atoms with Crippen LogP contribution < -0.4 is 10.6 Å². The maximum Gasteiger partial charge on any atom is 0.409 e. The van der Waals surface area contributed by atoms with Gasteiger partial charge in [-0.3, -0.25) is 9.59 Å². The van der Waals surface area contributed by atoms with Crippen LogP contribution in [0.25, 0.3) is 0 Å². The van der Waals surface area contributed by atoms with Crippen LogP contribution in [0, 0.1) is 19.8 Å². The molecule has 0 bridgehead atoms. The SMILES string of the molecule is Cc1ccc2c(c1)S(=O)(=O)c1cc(C)ccc1C2NC(=O)C1CC(c2ncccn2)C(C(F)(F)F)NC1=O. The number of carbonyl (C=O) groups is 2. The third-order valence-electron chi connectivity index (χ3n) is 6.92. The van der Waals surface area contributed by atoms with Gasteiger partial charge >= 0.3 is 6.18 Å². The fourth-order valence-electron chi connectivity index (χ4n) is 5.05. The predicted molar refractivity (Wildman–Crippen MR) is 129 cm³/mol. The number of fused-ring (bicyclic) bond motifs is 2. The molecular formula is C26H23F3N4O4S. The maximum absolute atomic E-state index is 13.8. The minimum Gasteiger partial charge on any atom is -0.344 e. The molecule has 12 heteroatoms. The van der Waals surface area contributed by atoms with Gasteiger partial charge in [-0.15, -0.1) is 0 Å². The van der Waals surface area contributed by atoms with E-state index in [9.17, 15) is 31.2 Å². The van der Waals surface area contributed by atoms with Gasteiger partial charge in [-0.1, -0.05) is 24.3 Å². The second kappa shape index (κ2) is 9.19. The smallest absolute Gasteiger partial charge is 0.344 e. The number of sulfone groups is 1. The Hall–Kier alpha value is -3.80. The molecule has 2 aromatic carbocycles. The van der Waals surface area contributed by atoms with Crippen LogP contribution in [-0.4, -0.2) is 42.4 Å². The van der Waals surface area contributed by atoms with E-state index in [0.717, 1.165) is 0 Å². The van der Waals surface area contributed by atoms with E-state index in [0.29, 0.717) is 22.3 Å². The highest BCUT2D eigenvalue weighted by atomic mass is 32.2. The molecule has 0 aliphatic carbocycles. The zero-order valence-electron chi connectivity index (χ0n) is 20.3. The van der Waals surface area contributed by atoms with Crippen LogP contribution in [0.3, 0.4) is 0 Å². The van der Waals surface area contributed by atoms with Crippen molar-refractivity contribution in [3.8, 4) is 0 Å². The summed E-state index contributed by atoms with van der Waals surface area (Å²) in [4.78, 5) is 34.2. The van der Waals surface area contributed by atoms with Gasteiger partial charge in [0.1, 0.15) is 17.8 Å². The molecule has 0 saturated carbocycles. The van der Waals surface area contributed by atoms with Crippen molar-refractivity contribution in [3.63, 3.8) is 0 Å². The zero-order valence-corrected chi connectivity index (χ0v) is 21.1. The lowest BCUT2D eigenvalue weighted by molar-refractivity contribution is -0.175. The first-order chi connectivity index (χ1) is 17.9. The van der Waals surface area contributed by atoms with Gasteiger partial charge in [-0.2, -0.15) is 13.2 Å². The highest BCUT2D eigenvalue weighted by Crippen LogP contribution is 2.42. The van der Waals surface area contributed by atoms with E-state index in [1.54, 1.807) is 38.1 Å². The van der Waals surface area contributed by atoms with Crippen LogP contribution in [0.2, 0.25) is 0 Å². The average molecular weight is 545 g/mol. The van der Waals surface area contributed by atoms with Crippen molar-refractivity contribution in [2.75, 3.05) is 0 Å². The van der Waals surface area contributed by atoms with E-state index >= 15 is 0 Å². The molecule has 2 amide bonds. The first-order valence-electron chi connectivity index (χ1n) is 11.8. The zero-order chi connectivity index (χ0) is 27.4. The van der Waals surface area contributed by atoms with E-state index in [1.807, 2.05) is 5.32 Å². The van der Waals surface area contributed by atoms with Gasteiger partial charge in [0, 0.05) is 18.3 Å². The van der Waals surface area contributed by atoms with Crippen molar-refractivity contribution >= 4 is 21.7 Å². The summed E-state index contributed by atoms with van der Waals surface area (Å²) in [6.45, 7) is 3.48. The highest BCUT2D eigenvalue weighted by molar-refractivity contribution is 7.91. The molecule has 1 fully saturated rings. The number of rotatable bonds is 3. The Kier molecular flexibility index (Phi) is 6.25. The molecule has 3 unspecified atom stereocenters. The minimum atomic E-state index is -4.79. The summed E-state index contributed by atoms with van der Waals surface area (Å²) in [6, 6.07) is 7.89. The van der Waals surface area contributed by atoms with Crippen LogP contribution in [0.1, 0.15) is 46.5 Å². The van der Waals surface area contributed by atoms with E-state index in [4.69, 9.17) is 0 Å². The summed E-state index contributed by atoms with van der Waals surface area (Å²) >= 11 is 0. The van der Waals surface area contributed by atoms with Crippen LogP contribution >= 0.6 is 0 Å². The Labute approximate surface area is 216 Å². The number of carbonyl (C=O) groups excluding carboxylic acids is 2. The highest BCUT2D eigenvalue weighted by Gasteiger charge is 2.53. The number of benzene rings is 2. The van der Waals surface area contributed by atoms with E-state index in [-0.39, 0.29) is 15.6 Å². The van der Waals surface area contributed by atoms with Crippen LogP contribution in [0.15, 0.2) is 64.6 Å². The van der Waals surface area contributed by atoms with Crippen molar-refractivity contribution in [2.24, 2.45) is 5.92 Å². The summed E-state index contributed by atoms with van der Waals surface area (Å²) < 4.78 is 68.2. The molecule has 0 radical (unpaired) electrons. The van der Waals surface area contributed by atoms with Gasteiger partial charge < -0.3 is 10.6 Å². The van der Waals surface area contributed by atoms with Gasteiger partial charge in [0.15, 0.2) is 0 Å². The Bertz CT molecular complexity index is 1480. The lowest BCUT2D eigenvalue weighted by Gasteiger charge is -2.37. The van der Waals surface area contributed by atoms with Gasteiger partial charge in [0.05, 0.1) is 15.8 Å². The molecule has 5 rings (SSSR count). The molecule has 2 aliphatic heterocycles. The Morgan fingerprint density at radius 1 is 1.00 bits per heavy atom. The lowest BCUT2D eigenvalue weighted by Crippen LogP contribution is -2.58. The topological polar surface area (TPSA) is 118 Å². The summed E-state index contributed by atoms with van der Waals surface area (Å²) in [5.74, 6) is -4.91. The maximum atomic E-state index is 13.8. The third kappa shape index (κ3) is 4.42. The van der Waals surface area contributed by atoms with Gasteiger partial charge in [0.25, 0.3) is 0 Å². The number of nitrogens with zero attached hydrogens (tertiary/aromatic N) is 2. The molecule has 3 aromatic rings. The Morgan fingerprint density at radius 3 is 2.08 bits per heavy atom. The minimum absolute atomic E-state index is 0.0293. The van der Waals surface area contributed by atoms with Crippen LogP contribution in [0.4, 0.5) is 13.2 Å². The first kappa shape index (κ1) is 25.8. The molecule has 38 heavy (non-hydrogen) atoms. The number of aromatic nitrogens is 2. The van der Waals surface area contributed by atoms with E-state index < -0.39 is 58.2 Å². The second-order valence-corrected chi connectivity index (χ2v) is 11.4. The predicted octanol–water partition coefficient (Wildman–Crippen LogP) is 3.30. The van der Waals surface area contributed by atoms with Crippen LogP contribution in [0.5, 0.6) is 0 Å². The van der Waals surface area contributed by atoms with Crippen LogP contribution in [-0.2, 0) is 19.4 Å². The number of aryl methyl sites for hydroxylation is 2. The standard InChI is InChI=1S/C26H23F3N4O4S/c1-13-4-6-15-19(10-13)38(36,37)20-11-14(2)5-7-16(20)21(15)32-24(34)18-12-17(23-30-8-3-9-31-23)22(26(27,28)29)33-25(18)35/h3-11,17-18,21-22H,12H2,1-2H3,(H,32,34)(H,33,35). The van der Waals surface area contributed by atoms with Crippen molar-refractivity contribution in [1.82, 2.24) is 20.6 Å². The molecule has 198 valence electrons. The van der Waals surface area contributed by atoms with Crippen molar-refractivity contribution < 1.29 is 31.2 Å². The molecule has 3 atom stereocenters. The summed E-state index contributed by atoms with van der Waals surface area (Å²) in [7, 11) is -3.89. The molecule has 2 N–H and O–H groups in total. The van der Waals surface area contributed by atoms with Crippen molar-refractivity contribution in [3.05, 3.63) is 82.9 Å². The van der Waals surface area contributed by atoms with Crippen molar-refractivity contribution in [2.45, 2.75) is 54.2 Å². The molecule has 1 aromatic heterocycles. The van der Waals surface area contributed by atoms with Gasteiger partial charge in [0.2, 0.25) is 21.7 Å². The molecule has 0 spiro atoms. The van der Waals surface area contributed by atoms with E-state index in [2.05, 4.69) is 15.3 Å². The number of hydrogen-bond donors (Lipinski definition) is 2. The normalized spacial score (nSPS) is 22.7. The number of amides is 2. The molecular weight excluding hydrogens is 521 g/mol. The fraction of sp³-hybridized carbons (Fsp3) is 0.308. The number of alkyl halides is 3. The monoisotopic (exact) mass is 544 g/mol. The number of nitrogens with one attached hydrogen (secondary N) is 2. The summed E-state index contributed by atoms with van der Waals surface area (Å²) in [6.07, 6.45) is -2.67. The van der Waals surface area contributed by atoms with Gasteiger partial charge in [-0.05, 0) is 60.7 Å². The first-order valence-corrected chi connectivity index (χ1v) is 13.3. The number of piperidine rings is 1. The Balaban J connectivity index is 1.52. The molecule has 3 heterocycles. The molecule has 2 aliphatic rings. The summed E-state index contributed by atoms with van der Waals surface area (Å²) in [5, 5.41) is 4.69. The number of halogens is 3. The fourth-order valence-corrected chi connectivity index (χ4v) is 6.97. The Morgan fingerprint density at radius 2 is 1.55 bits per heavy atom. The second-order valence-electron chi connectivity index (χ2n) is 9.56. The largest absolute Gasteiger partial charge is 0.409 e. The van der Waals surface area contributed by atoms with Crippen molar-refractivity contribution in [1.29, 1.82) is 0 Å². The van der Waals surface area contributed by atoms with E-state index in [1.165, 1.54) is 30.6 Å². The lowest BCUT2D eigenvalue weighted by atomic mass is 9.82. The summed E-state index contributed by atoms with van der Waals surface area (Å²) in [5.41, 5.74) is 2.02. The average Bonchev–Trinajstić information content (AvgIpc) is 2.86.